The van der Waals surface area contributed by atoms with Gasteiger partial charge in [0.2, 0.25) is 0 Å². The Morgan fingerprint density at radius 2 is 1.13 bits per heavy atom. The van der Waals surface area contributed by atoms with Crippen LogP contribution < -0.4 is 5.73 Å². The molecule has 2 N–H and O–H groups in total. The Kier molecular flexibility index (Phi) is 6.76. The van der Waals surface area contributed by atoms with Crippen LogP contribution in [0.4, 0.5) is 0 Å². The highest BCUT2D eigenvalue weighted by atomic mass is 15.0. The smallest absolute Gasteiger partial charge is 0.164 e. The molecule has 2 unspecified atom stereocenters. The number of aromatic nitrogens is 3. The summed E-state index contributed by atoms with van der Waals surface area (Å²) in [5, 5.41) is 2.42. The molecule has 0 saturated carbocycles. The Bertz CT molecular complexity index is 2150. The molecule has 2 atom stereocenters. The number of fused-ring (bicyclic) bond motifs is 2. The van der Waals surface area contributed by atoms with Crippen molar-refractivity contribution in [1.82, 2.24) is 15.0 Å². The minimum atomic E-state index is -0.267. The Hall–Kier alpha value is -5.87. The number of benzene rings is 5. The van der Waals surface area contributed by atoms with Gasteiger partial charge in [0.25, 0.3) is 0 Å². The molecule has 8 rings (SSSR count). The maximum absolute atomic E-state index is 6.59. The van der Waals surface area contributed by atoms with Crippen molar-refractivity contribution in [2.75, 3.05) is 0 Å². The topological polar surface area (TPSA) is 64.7 Å². The van der Waals surface area contributed by atoms with E-state index in [0.29, 0.717) is 17.5 Å². The lowest BCUT2D eigenvalue weighted by Crippen LogP contribution is -2.34. The fourth-order valence-electron chi connectivity index (χ4n) is 6.70. The second-order valence-corrected chi connectivity index (χ2v) is 12.1. The van der Waals surface area contributed by atoms with E-state index < -0.39 is 0 Å². The molecule has 0 aliphatic heterocycles. The van der Waals surface area contributed by atoms with E-state index in [1.165, 1.54) is 27.5 Å². The summed E-state index contributed by atoms with van der Waals surface area (Å²) in [5.41, 5.74) is 14.9. The summed E-state index contributed by atoms with van der Waals surface area (Å²) in [4.78, 5) is 14.7. The van der Waals surface area contributed by atoms with Gasteiger partial charge < -0.3 is 5.73 Å². The second-order valence-electron chi connectivity index (χ2n) is 12.1. The highest BCUT2D eigenvalue weighted by Crippen LogP contribution is 2.50. The molecule has 4 heteroatoms. The molecule has 220 valence electrons. The van der Waals surface area contributed by atoms with E-state index in [2.05, 4.69) is 104 Å². The summed E-state index contributed by atoms with van der Waals surface area (Å²) in [6, 6.07) is 41.9. The normalized spacial score (nSPS) is 18.6. The Morgan fingerprint density at radius 1 is 0.565 bits per heavy atom. The van der Waals surface area contributed by atoms with Gasteiger partial charge in [0, 0.05) is 33.7 Å². The third-order valence-electron chi connectivity index (χ3n) is 9.27. The van der Waals surface area contributed by atoms with Gasteiger partial charge in [0.05, 0.1) is 0 Å². The van der Waals surface area contributed by atoms with Crippen molar-refractivity contribution in [3.63, 3.8) is 0 Å². The molecule has 0 radical (unpaired) electrons. The quantitative estimate of drug-likeness (QED) is 0.216. The fourth-order valence-corrected chi connectivity index (χ4v) is 6.70. The number of hydrogen-bond donors (Lipinski definition) is 1. The zero-order valence-corrected chi connectivity index (χ0v) is 25.5. The molecule has 2 aliphatic rings. The Morgan fingerprint density at radius 3 is 1.78 bits per heavy atom. The Labute approximate surface area is 269 Å². The highest BCUT2D eigenvalue weighted by Gasteiger charge is 2.39. The maximum Gasteiger partial charge on any atom is 0.164 e. The van der Waals surface area contributed by atoms with Gasteiger partial charge in [0.1, 0.15) is 0 Å². The maximum atomic E-state index is 6.59. The van der Waals surface area contributed by atoms with E-state index in [1.54, 1.807) is 0 Å². The molecule has 0 saturated heterocycles. The number of nitrogens with zero attached hydrogens (tertiary/aromatic N) is 3. The van der Waals surface area contributed by atoms with Crippen LogP contribution in [0.2, 0.25) is 0 Å². The van der Waals surface area contributed by atoms with E-state index in [4.69, 9.17) is 20.7 Å². The predicted molar refractivity (Wildman–Crippen MR) is 189 cm³/mol. The SMILES string of the molecule is CC12C=CC=CC1C(c1ccc3ccccc3c1-c1ccc(-c3nc(-c4ccccc4)nc(-c4ccccc4)n3)cc1)=CC=C2N. The van der Waals surface area contributed by atoms with E-state index >= 15 is 0 Å². The molecular weight excluding hydrogens is 560 g/mol. The molecule has 1 aromatic heterocycles. The lowest BCUT2D eigenvalue weighted by molar-refractivity contribution is 0.428. The van der Waals surface area contributed by atoms with Gasteiger partial charge in [-0.3, -0.25) is 0 Å². The summed E-state index contributed by atoms with van der Waals surface area (Å²) in [5.74, 6) is 2.08. The van der Waals surface area contributed by atoms with Crippen LogP contribution in [-0.4, -0.2) is 15.0 Å². The summed E-state index contributed by atoms with van der Waals surface area (Å²) in [7, 11) is 0. The van der Waals surface area contributed by atoms with Crippen molar-refractivity contribution in [2.24, 2.45) is 17.1 Å². The van der Waals surface area contributed by atoms with Gasteiger partial charge in [0.15, 0.2) is 17.5 Å². The molecule has 0 amide bonds. The van der Waals surface area contributed by atoms with Crippen molar-refractivity contribution in [3.05, 3.63) is 169 Å². The molecule has 6 aromatic rings. The largest absolute Gasteiger partial charge is 0.401 e. The Balaban J connectivity index is 1.26. The zero-order valence-electron chi connectivity index (χ0n) is 25.5. The van der Waals surface area contributed by atoms with Crippen molar-refractivity contribution >= 4 is 16.3 Å². The van der Waals surface area contributed by atoms with Crippen molar-refractivity contribution < 1.29 is 0 Å². The van der Waals surface area contributed by atoms with Gasteiger partial charge in [-0.15, -0.1) is 0 Å². The van der Waals surface area contributed by atoms with Crippen LogP contribution in [0.3, 0.4) is 0 Å². The van der Waals surface area contributed by atoms with E-state index in [-0.39, 0.29) is 11.3 Å². The van der Waals surface area contributed by atoms with Crippen molar-refractivity contribution in [2.45, 2.75) is 6.92 Å². The summed E-state index contributed by atoms with van der Waals surface area (Å²) in [6.07, 6.45) is 13.0. The average Bonchev–Trinajstić information content (AvgIpc) is 3.12. The van der Waals surface area contributed by atoms with Gasteiger partial charge in [-0.25, -0.2) is 15.0 Å². The monoisotopic (exact) mass is 592 g/mol. The van der Waals surface area contributed by atoms with Crippen LogP contribution in [-0.2, 0) is 0 Å². The van der Waals surface area contributed by atoms with Gasteiger partial charge in [-0.1, -0.05) is 152 Å². The van der Waals surface area contributed by atoms with Crippen LogP contribution in [0.1, 0.15) is 12.5 Å². The highest BCUT2D eigenvalue weighted by molar-refractivity contribution is 6.03. The van der Waals surface area contributed by atoms with E-state index in [9.17, 15) is 0 Å². The first-order valence-corrected chi connectivity index (χ1v) is 15.6. The molecule has 46 heavy (non-hydrogen) atoms. The first-order valence-electron chi connectivity index (χ1n) is 15.6. The van der Waals surface area contributed by atoms with Gasteiger partial charge >= 0.3 is 0 Å². The number of hydrogen-bond acceptors (Lipinski definition) is 4. The third-order valence-corrected chi connectivity index (χ3v) is 9.27. The van der Waals surface area contributed by atoms with E-state index in [1.807, 2.05) is 60.7 Å². The standard InChI is InChI=1S/C42H32N4/c1-42-27-11-10-18-36(42)34(25-26-37(42)43)35-24-23-28-12-8-9-17-33(28)38(35)29-19-21-32(22-20-29)41-45-39(30-13-4-2-5-14-30)44-40(46-41)31-15-6-3-7-16-31/h2-27,36H,43H2,1H3. The molecule has 4 nitrogen and oxygen atoms in total. The summed E-state index contributed by atoms with van der Waals surface area (Å²) < 4.78 is 0. The van der Waals surface area contributed by atoms with Crippen LogP contribution >= 0.6 is 0 Å². The third kappa shape index (κ3) is 4.76. The first-order chi connectivity index (χ1) is 22.6. The minimum Gasteiger partial charge on any atom is -0.401 e. The number of allylic oxidation sites excluding steroid dienone is 7. The lowest BCUT2D eigenvalue weighted by Gasteiger charge is -2.40. The van der Waals surface area contributed by atoms with Crippen LogP contribution in [0, 0.1) is 11.3 Å². The van der Waals surface area contributed by atoms with Gasteiger partial charge in [-0.05, 0) is 46.0 Å². The lowest BCUT2D eigenvalue weighted by atomic mass is 9.64. The first kappa shape index (κ1) is 27.7. The molecule has 0 fully saturated rings. The van der Waals surface area contributed by atoms with Crippen LogP contribution in [0.25, 0.3) is 61.6 Å². The van der Waals surface area contributed by atoms with E-state index in [0.717, 1.165) is 28.0 Å². The summed E-state index contributed by atoms with van der Waals surface area (Å²) in [6.45, 7) is 2.23. The van der Waals surface area contributed by atoms with Crippen molar-refractivity contribution in [3.8, 4) is 45.3 Å². The summed E-state index contributed by atoms with van der Waals surface area (Å²) >= 11 is 0. The average molecular weight is 593 g/mol. The molecule has 5 aromatic carbocycles. The fraction of sp³-hybridized carbons (Fsp3) is 0.0714. The molecule has 1 heterocycles. The molecule has 0 spiro atoms. The minimum absolute atomic E-state index is 0.139. The zero-order chi connectivity index (χ0) is 31.1. The second kappa shape index (κ2) is 11.2. The van der Waals surface area contributed by atoms with Crippen LogP contribution in [0.5, 0.6) is 0 Å². The van der Waals surface area contributed by atoms with Gasteiger partial charge in [-0.2, -0.15) is 0 Å². The van der Waals surface area contributed by atoms with Crippen LogP contribution in [0.15, 0.2) is 163 Å². The number of rotatable bonds is 5. The molecular formula is C42H32N4. The predicted octanol–water partition coefficient (Wildman–Crippen LogP) is 9.68. The molecule has 0 bridgehead atoms. The molecule has 2 aliphatic carbocycles. The van der Waals surface area contributed by atoms with Crippen molar-refractivity contribution in [1.29, 1.82) is 0 Å². The number of nitrogens with two attached hydrogens (primary N) is 1.